The number of sulfone groups is 1. The maximum Gasteiger partial charge on any atom is 0.148 e. The molecule has 0 aliphatic carbocycles. The van der Waals surface area contributed by atoms with E-state index in [4.69, 9.17) is 0 Å². The highest BCUT2D eigenvalue weighted by Crippen LogP contribution is 2.09. The Labute approximate surface area is 95.6 Å². The fourth-order valence-electron chi connectivity index (χ4n) is 1.31. The molecule has 0 radical (unpaired) electrons. The van der Waals surface area contributed by atoms with Crippen molar-refractivity contribution in [2.24, 2.45) is 0 Å². The summed E-state index contributed by atoms with van der Waals surface area (Å²) in [4.78, 5) is 0. The molecular formula is C11H16FNO2S. The second kappa shape index (κ2) is 5.41. The van der Waals surface area contributed by atoms with Crippen LogP contribution in [0.2, 0.25) is 0 Å². The van der Waals surface area contributed by atoms with Crippen LogP contribution in [-0.4, -0.2) is 27.0 Å². The van der Waals surface area contributed by atoms with Gasteiger partial charge in [0, 0.05) is 19.3 Å². The summed E-state index contributed by atoms with van der Waals surface area (Å²) in [5, 5.41) is 2.98. The Morgan fingerprint density at radius 3 is 2.69 bits per heavy atom. The minimum atomic E-state index is -2.93. The van der Waals surface area contributed by atoms with Crippen LogP contribution < -0.4 is 5.32 Å². The highest BCUT2D eigenvalue weighted by atomic mass is 32.2. The summed E-state index contributed by atoms with van der Waals surface area (Å²) in [6.45, 7) is 2.76. The Morgan fingerprint density at radius 2 is 2.06 bits per heavy atom. The lowest BCUT2D eigenvalue weighted by Crippen LogP contribution is -2.22. The molecule has 1 rings (SSSR count). The first-order valence-electron chi connectivity index (χ1n) is 5.02. The fraction of sp³-hybridized carbons (Fsp3) is 0.455. The molecule has 0 amide bonds. The highest BCUT2D eigenvalue weighted by molar-refractivity contribution is 7.90. The number of nitrogens with one attached hydrogen (secondary N) is 1. The Kier molecular flexibility index (Phi) is 4.44. The molecule has 1 N–H and O–H groups in total. The Bertz CT molecular complexity index is 457. The van der Waals surface area contributed by atoms with Crippen LogP contribution in [0.4, 0.5) is 4.39 Å². The molecule has 0 aliphatic heterocycles. The van der Waals surface area contributed by atoms with E-state index in [1.165, 1.54) is 18.4 Å². The van der Waals surface area contributed by atoms with E-state index in [9.17, 15) is 12.8 Å². The maximum atomic E-state index is 12.9. The Balaban J connectivity index is 2.46. The molecule has 5 heteroatoms. The van der Waals surface area contributed by atoms with Gasteiger partial charge in [-0.1, -0.05) is 6.07 Å². The first kappa shape index (κ1) is 13.1. The summed E-state index contributed by atoms with van der Waals surface area (Å²) in [6, 6.07) is 4.58. The van der Waals surface area contributed by atoms with Crippen LogP contribution in [-0.2, 0) is 16.4 Å². The first-order chi connectivity index (χ1) is 7.38. The molecule has 0 aromatic heterocycles. The van der Waals surface area contributed by atoms with Gasteiger partial charge < -0.3 is 5.32 Å². The van der Waals surface area contributed by atoms with Crippen molar-refractivity contribution < 1.29 is 12.8 Å². The van der Waals surface area contributed by atoms with E-state index >= 15 is 0 Å². The average Bonchev–Trinajstić information content (AvgIpc) is 2.16. The maximum absolute atomic E-state index is 12.9. The number of hydrogen-bond donors (Lipinski definition) is 1. The van der Waals surface area contributed by atoms with E-state index < -0.39 is 9.84 Å². The second-order valence-electron chi connectivity index (χ2n) is 3.88. The van der Waals surface area contributed by atoms with Crippen LogP contribution in [0.25, 0.3) is 0 Å². The van der Waals surface area contributed by atoms with Gasteiger partial charge in [0.15, 0.2) is 0 Å². The van der Waals surface area contributed by atoms with Gasteiger partial charge in [0.25, 0.3) is 0 Å². The van der Waals surface area contributed by atoms with Crippen LogP contribution in [0.1, 0.15) is 11.1 Å². The van der Waals surface area contributed by atoms with Crippen molar-refractivity contribution >= 4 is 9.84 Å². The van der Waals surface area contributed by atoms with Crippen LogP contribution in [0.15, 0.2) is 18.2 Å². The summed E-state index contributed by atoms with van der Waals surface area (Å²) in [6.07, 6.45) is 1.20. The van der Waals surface area contributed by atoms with E-state index in [1.54, 1.807) is 6.07 Å². The molecule has 0 bridgehead atoms. The largest absolute Gasteiger partial charge is 0.312 e. The molecule has 0 saturated heterocycles. The van der Waals surface area contributed by atoms with Crippen molar-refractivity contribution in [1.82, 2.24) is 5.32 Å². The first-order valence-corrected chi connectivity index (χ1v) is 7.08. The zero-order chi connectivity index (χ0) is 12.2. The molecule has 0 heterocycles. The lowest BCUT2D eigenvalue weighted by molar-refractivity contribution is 0.595. The lowest BCUT2D eigenvalue weighted by Gasteiger charge is -2.07. The number of rotatable bonds is 5. The van der Waals surface area contributed by atoms with E-state index in [-0.39, 0.29) is 11.6 Å². The average molecular weight is 245 g/mol. The standard InChI is InChI=1S/C11H16FNO2S/c1-9-3-4-11(12)7-10(9)8-13-5-6-16(2,14)15/h3-4,7,13H,5-6,8H2,1-2H3. The summed E-state index contributed by atoms with van der Waals surface area (Å²) in [5.41, 5.74) is 1.85. The van der Waals surface area contributed by atoms with Gasteiger partial charge in [-0.15, -0.1) is 0 Å². The van der Waals surface area contributed by atoms with Gasteiger partial charge in [-0.25, -0.2) is 12.8 Å². The molecule has 3 nitrogen and oxygen atoms in total. The van der Waals surface area contributed by atoms with E-state index in [0.717, 1.165) is 11.1 Å². The third-order valence-corrected chi connectivity index (χ3v) is 3.22. The van der Waals surface area contributed by atoms with Gasteiger partial charge >= 0.3 is 0 Å². The van der Waals surface area contributed by atoms with Gasteiger partial charge in [0.2, 0.25) is 0 Å². The third-order valence-electron chi connectivity index (χ3n) is 2.28. The smallest absolute Gasteiger partial charge is 0.148 e. The van der Waals surface area contributed by atoms with Crippen LogP contribution >= 0.6 is 0 Å². The Morgan fingerprint density at radius 1 is 1.38 bits per heavy atom. The molecule has 16 heavy (non-hydrogen) atoms. The molecule has 1 aromatic rings. The minimum absolute atomic E-state index is 0.0986. The summed E-state index contributed by atoms with van der Waals surface area (Å²) in [5.74, 6) is -0.174. The van der Waals surface area contributed by atoms with Gasteiger partial charge in [0.05, 0.1) is 5.75 Å². The predicted octanol–water partition coefficient (Wildman–Crippen LogP) is 1.27. The van der Waals surface area contributed by atoms with Crippen molar-refractivity contribution in [2.45, 2.75) is 13.5 Å². The summed E-state index contributed by atoms with van der Waals surface area (Å²) >= 11 is 0. The Hall–Kier alpha value is -0.940. The van der Waals surface area contributed by atoms with Crippen molar-refractivity contribution in [3.63, 3.8) is 0 Å². The fourth-order valence-corrected chi connectivity index (χ4v) is 1.83. The number of aryl methyl sites for hydroxylation is 1. The van der Waals surface area contributed by atoms with E-state index in [1.807, 2.05) is 6.92 Å². The van der Waals surface area contributed by atoms with Crippen molar-refractivity contribution in [3.05, 3.63) is 35.1 Å². The van der Waals surface area contributed by atoms with E-state index in [2.05, 4.69) is 5.32 Å². The second-order valence-corrected chi connectivity index (χ2v) is 6.14. The molecule has 0 saturated carbocycles. The number of halogens is 1. The molecule has 0 aliphatic rings. The van der Waals surface area contributed by atoms with Gasteiger partial charge in [0.1, 0.15) is 15.7 Å². The zero-order valence-corrected chi connectivity index (χ0v) is 10.3. The molecule has 0 spiro atoms. The number of benzene rings is 1. The molecule has 0 fully saturated rings. The van der Waals surface area contributed by atoms with Crippen molar-refractivity contribution in [2.75, 3.05) is 18.6 Å². The summed E-state index contributed by atoms with van der Waals surface area (Å²) in [7, 11) is -2.93. The van der Waals surface area contributed by atoms with Gasteiger partial charge in [-0.3, -0.25) is 0 Å². The molecular weight excluding hydrogens is 229 g/mol. The topological polar surface area (TPSA) is 46.2 Å². The van der Waals surface area contributed by atoms with Crippen LogP contribution in [0, 0.1) is 12.7 Å². The van der Waals surface area contributed by atoms with Gasteiger partial charge in [-0.2, -0.15) is 0 Å². The quantitative estimate of drug-likeness (QED) is 0.795. The van der Waals surface area contributed by atoms with Gasteiger partial charge in [-0.05, 0) is 30.2 Å². The SMILES string of the molecule is Cc1ccc(F)cc1CNCCS(C)(=O)=O. The molecule has 0 atom stereocenters. The van der Waals surface area contributed by atoms with Crippen LogP contribution in [0.3, 0.4) is 0 Å². The third kappa shape index (κ3) is 4.72. The highest BCUT2D eigenvalue weighted by Gasteiger charge is 2.03. The van der Waals surface area contributed by atoms with Crippen molar-refractivity contribution in [1.29, 1.82) is 0 Å². The normalized spacial score (nSPS) is 11.7. The summed E-state index contributed by atoms with van der Waals surface area (Å²) < 4.78 is 34.6. The monoisotopic (exact) mass is 245 g/mol. The minimum Gasteiger partial charge on any atom is -0.312 e. The van der Waals surface area contributed by atoms with Crippen molar-refractivity contribution in [3.8, 4) is 0 Å². The molecule has 1 aromatic carbocycles. The van der Waals surface area contributed by atoms with E-state index in [0.29, 0.717) is 13.1 Å². The predicted molar refractivity (Wildman–Crippen MR) is 62.6 cm³/mol. The molecule has 0 unspecified atom stereocenters. The molecule has 90 valence electrons. The number of hydrogen-bond acceptors (Lipinski definition) is 3. The van der Waals surface area contributed by atoms with Crippen LogP contribution in [0.5, 0.6) is 0 Å². The lowest BCUT2D eigenvalue weighted by atomic mass is 10.1. The zero-order valence-electron chi connectivity index (χ0n) is 9.46.